The first-order valence-corrected chi connectivity index (χ1v) is 18.0. The Morgan fingerprint density at radius 3 is 2.13 bits per heavy atom. The largest absolute Gasteiger partial charge is 0.460 e. The summed E-state index contributed by atoms with van der Waals surface area (Å²) in [5, 5.41) is 7.94. The van der Waals surface area contributed by atoms with E-state index < -0.39 is 59.4 Å². The van der Waals surface area contributed by atoms with E-state index in [1.54, 1.807) is 83.1 Å². The standard InChI is InChI=1S/C39H53N5O9/c1-9-25(5)32(43-38(50)51-23-26-16-12-11-13-17-26)34(47)40-28(20-21-31(45)53-39(6,7)8)36(48)44(10-2)37(49)42-29(22-24(3)4)33(46)35-41-27-18-14-15-19-30(27)52-35/h11-19,24-25,28-29,32H,9-10,20-23H2,1-8H3,(H,40,47)(H,42,49)(H,43,50). The highest BCUT2D eigenvalue weighted by Gasteiger charge is 2.36. The molecular formula is C39H53N5O9. The fraction of sp³-hybridized carbons (Fsp3) is 0.513. The Bertz CT molecular complexity index is 1680. The summed E-state index contributed by atoms with van der Waals surface area (Å²) in [6.07, 6.45) is -0.606. The number of alkyl carbamates (subject to hydrolysis) is 1. The van der Waals surface area contributed by atoms with Crippen LogP contribution in [0.2, 0.25) is 0 Å². The number of benzene rings is 2. The van der Waals surface area contributed by atoms with Crippen molar-refractivity contribution >= 4 is 46.8 Å². The van der Waals surface area contributed by atoms with Gasteiger partial charge in [0.2, 0.25) is 11.7 Å². The molecule has 0 aliphatic rings. The SMILES string of the molecule is CCC(C)C(NC(=O)OCc1ccccc1)C(=O)NC(CCC(=O)OC(C)(C)C)C(=O)N(CC)C(=O)NC(CC(C)C)C(=O)c1nc2ccccc2o1. The van der Waals surface area contributed by atoms with E-state index in [4.69, 9.17) is 13.9 Å². The van der Waals surface area contributed by atoms with Gasteiger partial charge >= 0.3 is 18.1 Å². The number of carbonyl (C=O) groups excluding carboxylic acids is 6. The number of oxazole rings is 1. The van der Waals surface area contributed by atoms with Gasteiger partial charge in [0.1, 0.15) is 29.8 Å². The Kier molecular flexibility index (Phi) is 15.5. The zero-order valence-electron chi connectivity index (χ0n) is 31.9. The quantitative estimate of drug-likeness (QED) is 0.111. The highest BCUT2D eigenvalue weighted by molar-refractivity contribution is 6.03. The van der Waals surface area contributed by atoms with Crippen molar-refractivity contribution in [1.29, 1.82) is 0 Å². The molecule has 3 rings (SSSR count). The van der Waals surface area contributed by atoms with Crippen molar-refractivity contribution in [3.05, 3.63) is 66.1 Å². The van der Waals surface area contributed by atoms with Crippen LogP contribution in [0.25, 0.3) is 11.1 Å². The molecule has 4 atom stereocenters. The van der Waals surface area contributed by atoms with Gasteiger partial charge in [-0.2, -0.15) is 0 Å². The molecule has 288 valence electrons. The number of aromatic nitrogens is 1. The van der Waals surface area contributed by atoms with Gasteiger partial charge in [0.25, 0.3) is 11.8 Å². The topological polar surface area (TPSA) is 186 Å². The van der Waals surface area contributed by atoms with Gasteiger partial charge in [-0.25, -0.2) is 14.6 Å². The summed E-state index contributed by atoms with van der Waals surface area (Å²) in [4.78, 5) is 86.0. The summed E-state index contributed by atoms with van der Waals surface area (Å²) >= 11 is 0. The number of rotatable bonds is 17. The van der Waals surface area contributed by atoms with Crippen molar-refractivity contribution in [2.24, 2.45) is 11.8 Å². The molecular weight excluding hydrogens is 682 g/mol. The molecule has 3 N–H and O–H groups in total. The Morgan fingerprint density at radius 2 is 1.53 bits per heavy atom. The summed E-state index contributed by atoms with van der Waals surface area (Å²) in [5.74, 6) is -3.32. The molecule has 4 unspecified atom stereocenters. The van der Waals surface area contributed by atoms with Crippen LogP contribution in [-0.2, 0) is 30.5 Å². The van der Waals surface area contributed by atoms with E-state index in [0.717, 1.165) is 10.5 Å². The van der Waals surface area contributed by atoms with Crippen LogP contribution in [0, 0.1) is 11.8 Å². The Hall–Kier alpha value is -5.27. The van der Waals surface area contributed by atoms with Crippen molar-refractivity contribution in [3.63, 3.8) is 0 Å². The molecule has 53 heavy (non-hydrogen) atoms. The number of urea groups is 1. The molecule has 0 bridgehead atoms. The van der Waals surface area contributed by atoms with Crippen LogP contribution >= 0.6 is 0 Å². The number of imide groups is 1. The molecule has 0 aliphatic heterocycles. The minimum Gasteiger partial charge on any atom is -0.460 e. The maximum atomic E-state index is 14.1. The lowest BCUT2D eigenvalue weighted by Gasteiger charge is -2.30. The van der Waals surface area contributed by atoms with Gasteiger partial charge in [0.15, 0.2) is 5.58 Å². The second kappa shape index (κ2) is 19.5. The maximum absolute atomic E-state index is 14.1. The smallest absolute Gasteiger partial charge is 0.408 e. The molecule has 0 spiro atoms. The third-order valence-electron chi connectivity index (χ3n) is 8.31. The first-order valence-electron chi connectivity index (χ1n) is 18.0. The van der Waals surface area contributed by atoms with Gasteiger partial charge in [-0.15, -0.1) is 0 Å². The van der Waals surface area contributed by atoms with Gasteiger partial charge in [-0.1, -0.05) is 76.6 Å². The molecule has 0 fully saturated rings. The minimum atomic E-state index is -1.38. The molecule has 0 saturated carbocycles. The molecule has 3 aromatic rings. The lowest BCUT2D eigenvalue weighted by atomic mass is 9.97. The van der Waals surface area contributed by atoms with Crippen LogP contribution in [0.1, 0.15) is 97.3 Å². The molecule has 14 nitrogen and oxygen atoms in total. The average Bonchev–Trinajstić information content (AvgIpc) is 3.54. The summed E-state index contributed by atoms with van der Waals surface area (Å²) in [5.41, 5.74) is 0.847. The first-order chi connectivity index (χ1) is 25.0. The summed E-state index contributed by atoms with van der Waals surface area (Å²) < 4.78 is 16.4. The maximum Gasteiger partial charge on any atom is 0.408 e. The highest BCUT2D eigenvalue weighted by Crippen LogP contribution is 2.19. The van der Waals surface area contributed by atoms with Crippen LogP contribution in [0.5, 0.6) is 0 Å². The van der Waals surface area contributed by atoms with Crippen molar-refractivity contribution in [1.82, 2.24) is 25.8 Å². The molecule has 5 amide bonds. The number of nitrogens with zero attached hydrogens (tertiary/aromatic N) is 2. The van der Waals surface area contributed by atoms with Crippen LogP contribution in [0.4, 0.5) is 9.59 Å². The predicted molar refractivity (Wildman–Crippen MR) is 198 cm³/mol. The zero-order chi connectivity index (χ0) is 39.3. The fourth-order valence-electron chi connectivity index (χ4n) is 5.41. The number of likely N-dealkylation sites (N-methyl/N-ethyl adjacent to an activating group) is 1. The zero-order valence-corrected chi connectivity index (χ0v) is 31.9. The van der Waals surface area contributed by atoms with E-state index in [1.807, 2.05) is 26.8 Å². The Morgan fingerprint density at radius 1 is 0.868 bits per heavy atom. The van der Waals surface area contributed by atoms with Crippen LogP contribution < -0.4 is 16.0 Å². The minimum absolute atomic E-state index is 0.0220. The van der Waals surface area contributed by atoms with Gasteiger partial charge in [0, 0.05) is 13.0 Å². The van der Waals surface area contributed by atoms with Gasteiger partial charge < -0.3 is 29.8 Å². The fourth-order valence-corrected chi connectivity index (χ4v) is 5.41. The molecule has 1 heterocycles. The van der Waals surface area contributed by atoms with Crippen molar-refractivity contribution in [2.45, 2.75) is 111 Å². The number of para-hydroxylation sites is 2. The van der Waals surface area contributed by atoms with E-state index >= 15 is 0 Å². The number of esters is 1. The third-order valence-corrected chi connectivity index (χ3v) is 8.31. The second-order valence-corrected chi connectivity index (χ2v) is 14.3. The number of ketones is 1. The number of hydrogen-bond donors (Lipinski definition) is 3. The van der Waals surface area contributed by atoms with Gasteiger partial charge in [-0.3, -0.25) is 24.1 Å². The van der Waals surface area contributed by atoms with E-state index in [0.29, 0.717) is 17.5 Å². The van der Waals surface area contributed by atoms with E-state index in [-0.39, 0.29) is 50.1 Å². The molecule has 0 saturated heterocycles. The lowest BCUT2D eigenvalue weighted by Crippen LogP contribution is -2.58. The van der Waals surface area contributed by atoms with Crippen LogP contribution in [-0.4, -0.2) is 75.8 Å². The van der Waals surface area contributed by atoms with Crippen molar-refractivity contribution in [2.75, 3.05) is 6.54 Å². The van der Waals surface area contributed by atoms with Gasteiger partial charge in [-0.05, 0) is 70.1 Å². The molecule has 0 radical (unpaired) electrons. The number of fused-ring (bicyclic) bond motifs is 1. The van der Waals surface area contributed by atoms with E-state index in [1.165, 1.54) is 0 Å². The summed E-state index contributed by atoms with van der Waals surface area (Å²) in [7, 11) is 0. The highest BCUT2D eigenvalue weighted by atomic mass is 16.6. The van der Waals surface area contributed by atoms with Gasteiger partial charge in [0.05, 0.1) is 6.04 Å². The number of amides is 5. The molecule has 1 aromatic heterocycles. The predicted octanol–water partition coefficient (Wildman–Crippen LogP) is 5.93. The normalized spacial score (nSPS) is 13.7. The molecule has 0 aliphatic carbocycles. The molecule has 2 aromatic carbocycles. The number of nitrogens with one attached hydrogen (secondary N) is 3. The second-order valence-electron chi connectivity index (χ2n) is 14.3. The Balaban J connectivity index is 1.84. The number of hydrogen-bond acceptors (Lipinski definition) is 10. The number of Topliss-reactive ketones (excluding diaryl/α,β-unsaturated/α-hetero) is 1. The number of ether oxygens (including phenoxy) is 2. The Labute approximate surface area is 310 Å². The van der Waals surface area contributed by atoms with Crippen molar-refractivity contribution in [3.8, 4) is 0 Å². The average molecular weight is 736 g/mol. The first kappa shape index (κ1) is 42.1. The van der Waals surface area contributed by atoms with E-state index in [9.17, 15) is 28.8 Å². The molecule has 14 heteroatoms. The summed E-state index contributed by atoms with van der Waals surface area (Å²) in [6, 6.07) is 11.4. The monoisotopic (exact) mass is 735 g/mol. The number of carbonyl (C=O) groups is 6. The van der Waals surface area contributed by atoms with Crippen LogP contribution in [0.3, 0.4) is 0 Å². The van der Waals surface area contributed by atoms with Crippen molar-refractivity contribution < 1.29 is 42.7 Å². The lowest BCUT2D eigenvalue weighted by molar-refractivity contribution is -0.155. The van der Waals surface area contributed by atoms with E-state index in [2.05, 4.69) is 20.9 Å². The van der Waals surface area contributed by atoms with Crippen LogP contribution in [0.15, 0.2) is 59.0 Å². The summed E-state index contributed by atoms with van der Waals surface area (Å²) in [6.45, 7) is 13.9. The third kappa shape index (κ3) is 13.0.